The highest BCUT2D eigenvalue weighted by molar-refractivity contribution is 5.97. The number of rotatable bonds is 7. The fourth-order valence-corrected chi connectivity index (χ4v) is 2.21. The summed E-state index contributed by atoms with van der Waals surface area (Å²) in [6.45, 7) is 2.13. The van der Waals surface area contributed by atoms with E-state index < -0.39 is 0 Å². The number of unbranched alkanes of at least 4 members (excludes halogenated alkanes) is 1. The second-order valence-electron chi connectivity index (χ2n) is 5.10. The van der Waals surface area contributed by atoms with Crippen LogP contribution in [0, 0.1) is 0 Å². The largest absolute Gasteiger partial charge is 0.493 e. The van der Waals surface area contributed by atoms with Gasteiger partial charge >= 0.3 is 0 Å². The number of nitrogen functional groups attached to an aromatic ring is 1. The molecule has 0 radical (unpaired) electrons. The smallest absolute Gasteiger partial charge is 0.163 e. The maximum absolute atomic E-state index is 11.6. The number of ether oxygens (including phenoxy) is 1. The van der Waals surface area contributed by atoms with E-state index in [2.05, 4.69) is 24.3 Å². The molecule has 110 valence electrons. The first kappa shape index (κ1) is 15.1. The van der Waals surface area contributed by atoms with Crippen molar-refractivity contribution in [3.63, 3.8) is 0 Å². The Bertz CT molecular complexity index is 593. The van der Waals surface area contributed by atoms with Crippen molar-refractivity contribution in [2.45, 2.75) is 26.2 Å². The van der Waals surface area contributed by atoms with E-state index in [4.69, 9.17) is 10.5 Å². The Morgan fingerprint density at radius 2 is 1.86 bits per heavy atom. The van der Waals surface area contributed by atoms with Gasteiger partial charge in [0.05, 0.1) is 12.2 Å². The summed E-state index contributed by atoms with van der Waals surface area (Å²) in [7, 11) is 0. The number of benzene rings is 2. The highest BCUT2D eigenvalue weighted by Crippen LogP contribution is 2.22. The van der Waals surface area contributed by atoms with Crippen molar-refractivity contribution in [1.82, 2.24) is 0 Å². The van der Waals surface area contributed by atoms with Crippen LogP contribution < -0.4 is 10.5 Å². The quantitative estimate of drug-likeness (QED) is 0.477. The molecule has 2 rings (SSSR count). The lowest BCUT2D eigenvalue weighted by atomic mass is 10.1. The maximum atomic E-state index is 11.6. The fraction of sp³-hybridized carbons (Fsp3) is 0.278. The summed E-state index contributed by atoms with van der Waals surface area (Å²) in [5.74, 6) is 0.595. The van der Waals surface area contributed by atoms with Crippen LogP contribution in [-0.2, 0) is 6.42 Å². The van der Waals surface area contributed by atoms with Gasteiger partial charge in [-0.3, -0.25) is 4.79 Å². The molecule has 0 atom stereocenters. The van der Waals surface area contributed by atoms with Crippen LogP contribution in [0.1, 0.15) is 35.7 Å². The molecular formula is C18H21NO2. The molecule has 2 aromatic rings. The SMILES string of the molecule is CC(=O)c1cc(N)ccc1OCCCCc1ccccc1. The molecule has 0 spiro atoms. The predicted octanol–water partition coefficient (Wildman–Crippen LogP) is 3.87. The Labute approximate surface area is 125 Å². The Hall–Kier alpha value is -2.29. The molecular weight excluding hydrogens is 262 g/mol. The first-order valence-electron chi connectivity index (χ1n) is 7.24. The van der Waals surface area contributed by atoms with E-state index in [1.807, 2.05) is 6.07 Å². The first-order chi connectivity index (χ1) is 10.2. The van der Waals surface area contributed by atoms with Gasteiger partial charge in [0.15, 0.2) is 5.78 Å². The number of hydrogen-bond acceptors (Lipinski definition) is 3. The fourth-order valence-electron chi connectivity index (χ4n) is 2.21. The highest BCUT2D eigenvalue weighted by Gasteiger charge is 2.08. The van der Waals surface area contributed by atoms with Gasteiger partial charge in [-0.2, -0.15) is 0 Å². The van der Waals surface area contributed by atoms with Crippen LogP contribution in [0.15, 0.2) is 48.5 Å². The summed E-state index contributed by atoms with van der Waals surface area (Å²) >= 11 is 0. The van der Waals surface area contributed by atoms with Crippen molar-refractivity contribution in [2.24, 2.45) is 0 Å². The summed E-state index contributed by atoms with van der Waals surface area (Å²) in [5.41, 5.74) is 8.17. The summed E-state index contributed by atoms with van der Waals surface area (Å²) in [5, 5.41) is 0. The van der Waals surface area contributed by atoms with Gasteiger partial charge in [-0.05, 0) is 49.9 Å². The molecule has 3 heteroatoms. The van der Waals surface area contributed by atoms with Crippen molar-refractivity contribution in [3.05, 3.63) is 59.7 Å². The van der Waals surface area contributed by atoms with Crippen LogP contribution >= 0.6 is 0 Å². The number of Topliss-reactive ketones (excluding diaryl/α,β-unsaturated/α-hetero) is 1. The molecule has 0 amide bonds. The standard InChI is InChI=1S/C18H21NO2/c1-14(20)17-13-16(19)10-11-18(17)21-12-6-5-9-15-7-3-2-4-8-15/h2-4,7-8,10-11,13H,5-6,9,12,19H2,1H3. The van der Waals surface area contributed by atoms with Crippen molar-refractivity contribution in [1.29, 1.82) is 0 Å². The third kappa shape index (κ3) is 4.63. The van der Waals surface area contributed by atoms with Gasteiger partial charge in [0.25, 0.3) is 0 Å². The first-order valence-corrected chi connectivity index (χ1v) is 7.24. The van der Waals surface area contributed by atoms with Gasteiger partial charge < -0.3 is 10.5 Å². The second-order valence-corrected chi connectivity index (χ2v) is 5.10. The van der Waals surface area contributed by atoms with E-state index >= 15 is 0 Å². The van der Waals surface area contributed by atoms with Crippen molar-refractivity contribution in [3.8, 4) is 5.75 Å². The number of carbonyl (C=O) groups excluding carboxylic acids is 1. The zero-order valence-corrected chi connectivity index (χ0v) is 12.3. The number of aryl methyl sites for hydroxylation is 1. The van der Waals surface area contributed by atoms with Gasteiger partial charge in [-0.15, -0.1) is 0 Å². The lowest BCUT2D eigenvalue weighted by Gasteiger charge is -2.10. The third-order valence-corrected chi connectivity index (χ3v) is 3.34. The minimum atomic E-state index is -0.0263. The van der Waals surface area contributed by atoms with E-state index in [1.165, 1.54) is 12.5 Å². The molecule has 21 heavy (non-hydrogen) atoms. The van der Waals surface area contributed by atoms with Crippen LogP contribution in [-0.4, -0.2) is 12.4 Å². The van der Waals surface area contributed by atoms with Crippen LogP contribution in [0.25, 0.3) is 0 Å². The van der Waals surface area contributed by atoms with Gasteiger partial charge in [-0.25, -0.2) is 0 Å². The van der Waals surface area contributed by atoms with Crippen molar-refractivity contribution < 1.29 is 9.53 Å². The third-order valence-electron chi connectivity index (χ3n) is 3.34. The lowest BCUT2D eigenvalue weighted by molar-refractivity contribution is 0.101. The molecule has 2 aromatic carbocycles. The number of carbonyl (C=O) groups is 1. The topological polar surface area (TPSA) is 52.3 Å². The average molecular weight is 283 g/mol. The number of nitrogens with two attached hydrogens (primary N) is 1. The van der Waals surface area contributed by atoms with E-state index in [0.29, 0.717) is 23.6 Å². The monoisotopic (exact) mass is 283 g/mol. The Kier molecular flexibility index (Phi) is 5.38. The predicted molar refractivity (Wildman–Crippen MR) is 85.7 cm³/mol. The Morgan fingerprint density at radius 1 is 1.10 bits per heavy atom. The van der Waals surface area contributed by atoms with Crippen LogP contribution in [0.2, 0.25) is 0 Å². The summed E-state index contributed by atoms with van der Waals surface area (Å²) in [6.07, 6.45) is 3.07. The zero-order chi connectivity index (χ0) is 15.1. The lowest BCUT2D eigenvalue weighted by Crippen LogP contribution is -2.04. The normalized spacial score (nSPS) is 10.3. The van der Waals surface area contributed by atoms with Crippen molar-refractivity contribution >= 4 is 11.5 Å². The Balaban J connectivity index is 1.80. The van der Waals surface area contributed by atoms with E-state index in [0.717, 1.165) is 19.3 Å². The van der Waals surface area contributed by atoms with Crippen molar-refractivity contribution in [2.75, 3.05) is 12.3 Å². The molecule has 0 heterocycles. The average Bonchev–Trinajstić information content (AvgIpc) is 2.49. The summed E-state index contributed by atoms with van der Waals surface area (Å²) < 4.78 is 5.71. The molecule has 0 bridgehead atoms. The molecule has 0 fully saturated rings. The van der Waals surface area contributed by atoms with E-state index in [9.17, 15) is 4.79 Å². The number of ketones is 1. The van der Waals surface area contributed by atoms with E-state index in [-0.39, 0.29) is 5.78 Å². The van der Waals surface area contributed by atoms with Crippen LogP contribution in [0.5, 0.6) is 5.75 Å². The molecule has 0 unspecified atom stereocenters. The minimum absolute atomic E-state index is 0.0263. The minimum Gasteiger partial charge on any atom is -0.493 e. The van der Waals surface area contributed by atoms with Crippen LogP contribution in [0.3, 0.4) is 0 Å². The van der Waals surface area contributed by atoms with E-state index in [1.54, 1.807) is 18.2 Å². The Morgan fingerprint density at radius 3 is 2.57 bits per heavy atom. The van der Waals surface area contributed by atoms with Gasteiger partial charge in [0.2, 0.25) is 0 Å². The summed E-state index contributed by atoms with van der Waals surface area (Å²) in [6, 6.07) is 15.6. The number of anilines is 1. The molecule has 3 nitrogen and oxygen atoms in total. The molecule has 0 saturated heterocycles. The summed E-state index contributed by atoms with van der Waals surface area (Å²) in [4.78, 5) is 11.6. The molecule has 0 aliphatic rings. The van der Waals surface area contributed by atoms with Gasteiger partial charge in [0.1, 0.15) is 5.75 Å². The molecule has 0 saturated carbocycles. The zero-order valence-electron chi connectivity index (χ0n) is 12.3. The number of hydrogen-bond donors (Lipinski definition) is 1. The highest BCUT2D eigenvalue weighted by atomic mass is 16.5. The molecule has 2 N–H and O–H groups in total. The molecule has 0 aliphatic carbocycles. The van der Waals surface area contributed by atoms with Gasteiger partial charge in [-0.1, -0.05) is 30.3 Å². The second kappa shape index (κ2) is 7.48. The van der Waals surface area contributed by atoms with Gasteiger partial charge in [0, 0.05) is 5.69 Å². The molecule has 0 aromatic heterocycles. The van der Waals surface area contributed by atoms with Crippen LogP contribution in [0.4, 0.5) is 5.69 Å². The molecule has 0 aliphatic heterocycles. The maximum Gasteiger partial charge on any atom is 0.163 e.